The molecule has 0 saturated heterocycles. The van der Waals surface area contributed by atoms with Crippen molar-refractivity contribution in [2.75, 3.05) is 33.4 Å². The molecule has 0 heterocycles. The lowest BCUT2D eigenvalue weighted by molar-refractivity contribution is -0.121. The Balaban J connectivity index is 0. The highest BCUT2D eigenvalue weighted by molar-refractivity contribution is 14.0. The Labute approximate surface area is 152 Å². The van der Waals surface area contributed by atoms with Crippen LogP contribution in [0, 0.1) is 0 Å². The van der Waals surface area contributed by atoms with E-state index >= 15 is 0 Å². The molecular formula is C15H33IN4O2. The summed E-state index contributed by atoms with van der Waals surface area (Å²) in [6.07, 6.45) is 3.18. The summed E-state index contributed by atoms with van der Waals surface area (Å²) in [6.45, 7) is 10.6. The van der Waals surface area contributed by atoms with Gasteiger partial charge in [0, 0.05) is 32.3 Å². The van der Waals surface area contributed by atoms with Gasteiger partial charge in [-0.15, -0.1) is 24.0 Å². The van der Waals surface area contributed by atoms with Gasteiger partial charge in [0.2, 0.25) is 5.91 Å². The molecule has 7 heteroatoms. The van der Waals surface area contributed by atoms with Crippen molar-refractivity contribution < 1.29 is 9.53 Å². The predicted octanol–water partition coefficient (Wildman–Crippen LogP) is 1.89. The van der Waals surface area contributed by atoms with Crippen LogP contribution in [0.5, 0.6) is 0 Å². The van der Waals surface area contributed by atoms with Crippen molar-refractivity contribution >= 4 is 35.8 Å². The smallest absolute Gasteiger partial charge is 0.239 e. The normalized spacial score (nSPS) is 11.6. The molecule has 0 radical (unpaired) electrons. The topological polar surface area (TPSA) is 74.8 Å². The number of guanidine groups is 1. The highest BCUT2D eigenvalue weighted by Gasteiger charge is 2.13. The molecule has 6 nitrogen and oxygen atoms in total. The average molecular weight is 428 g/mol. The molecule has 132 valence electrons. The number of rotatable bonds is 9. The molecule has 0 bridgehead atoms. The largest absolute Gasteiger partial charge is 0.381 e. The minimum Gasteiger partial charge on any atom is -0.381 e. The highest BCUT2D eigenvalue weighted by atomic mass is 127. The monoisotopic (exact) mass is 428 g/mol. The first kappa shape index (κ1) is 23.7. The van der Waals surface area contributed by atoms with E-state index in [-0.39, 0.29) is 42.0 Å². The quantitative estimate of drug-likeness (QED) is 0.227. The second kappa shape index (κ2) is 14.0. The average Bonchev–Trinajstić information content (AvgIpc) is 2.39. The molecule has 0 spiro atoms. The number of aliphatic imine (C=N–C) groups is 1. The Kier molecular flexibility index (Phi) is 15.1. The third-order valence-corrected chi connectivity index (χ3v) is 2.55. The molecule has 0 unspecified atom stereocenters. The summed E-state index contributed by atoms with van der Waals surface area (Å²) in [4.78, 5) is 15.8. The van der Waals surface area contributed by atoms with Crippen LogP contribution >= 0.6 is 24.0 Å². The maximum Gasteiger partial charge on any atom is 0.239 e. The lowest BCUT2D eigenvalue weighted by atomic mass is 10.1. The number of nitrogens with zero attached hydrogens (tertiary/aromatic N) is 1. The van der Waals surface area contributed by atoms with Crippen LogP contribution in [0.3, 0.4) is 0 Å². The van der Waals surface area contributed by atoms with E-state index in [0.29, 0.717) is 5.96 Å². The van der Waals surface area contributed by atoms with Crippen LogP contribution < -0.4 is 16.0 Å². The summed E-state index contributed by atoms with van der Waals surface area (Å²) >= 11 is 0. The van der Waals surface area contributed by atoms with Crippen LogP contribution in [0.2, 0.25) is 0 Å². The van der Waals surface area contributed by atoms with E-state index in [2.05, 4.69) is 27.9 Å². The van der Waals surface area contributed by atoms with E-state index in [1.165, 1.54) is 0 Å². The van der Waals surface area contributed by atoms with Crippen LogP contribution in [0.15, 0.2) is 4.99 Å². The molecule has 0 rings (SSSR count). The van der Waals surface area contributed by atoms with Crippen molar-refractivity contribution in [1.82, 2.24) is 16.0 Å². The first-order valence-corrected chi connectivity index (χ1v) is 7.72. The van der Waals surface area contributed by atoms with E-state index < -0.39 is 0 Å². The Morgan fingerprint density at radius 3 is 2.32 bits per heavy atom. The van der Waals surface area contributed by atoms with Gasteiger partial charge in [0.05, 0.1) is 6.54 Å². The number of nitrogens with one attached hydrogen (secondary N) is 3. The molecule has 0 aliphatic rings. The molecule has 22 heavy (non-hydrogen) atoms. The molecule has 0 aromatic carbocycles. The van der Waals surface area contributed by atoms with Crippen molar-refractivity contribution in [1.29, 1.82) is 0 Å². The summed E-state index contributed by atoms with van der Waals surface area (Å²) in [6, 6.07) is 0. The Morgan fingerprint density at radius 2 is 1.77 bits per heavy atom. The summed E-state index contributed by atoms with van der Waals surface area (Å²) in [7, 11) is 1.69. The second-order valence-corrected chi connectivity index (χ2v) is 5.97. The first-order chi connectivity index (χ1) is 9.89. The fraction of sp³-hybridized carbons (Fsp3) is 0.867. The van der Waals surface area contributed by atoms with E-state index in [0.717, 1.165) is 39.0 Å². The number of unbranched alkanes of at least 4 members (excludes halogenated alkanes) is 1. The molecular weight excluding hydrogens is 395 g/mol. The van der Waals surface area contributed by atoms with Crippen molar-refractivity contribution in [3.8, 4) is 0 Å². The zero-order valence-electron chi connectivity index (χ0n) is 14.6. The van der Waals surface area contributed by atoms with Gasteiger partial charge in [-0.3, -0.25) is 9.79 Å². The van der Waals surface area contributed by atoms with Gasteiger partial charge in [-0.1, -0.05) is 13.3 Å². The molecule has 0 atom stereocenters. The standard InChI is InChI=1S/C15H32N4O2.HI/c1-6-7-10-21-11-8-9-17-14(16-5)18-12-13(20)19-15(2,3)4;/h6-12H2,1-5H3,(H,19,20)(H2,16,17,18);1H. The Morgan fingerprint density at radius 1 is 1.14 bits per heavy atom. The molecule has 3 N–H and O–H groups in total. The second-order valence-electron chi connectivity index (χ2n) is 5.97. The van der Waals surface area contributed by atoms with E-state index in [1.807, 2.05) is 20.8 Å². The van der Waals surface area contributed by atoms with Gasteiger partial charge in [0.15, 0.2) is 5.96 Å². The van der Waals surface area contributed by atoms with Crippen molar-refractivity contribution in [3.63, 3.8) is 0 Å². The number of halogens is 1. The van der Waals surface area contributed by atoms with Crippen LogP contribution in [0.1, 0.15) is 47.0 Å². The van der Waals surface area contributed by atoms with Crippen molar-refractivity contribution in [2.24, 2.45) is 4.99 Å². The Bertz CT molecular complexity index is 317. The molecule has 0 aliphatic heterocycles. The van der Waals surface area contributed by atoms with E-state index in [1.54, 1.807) is 7.05 Å². The number of ether oxygens (including phenoxy) is 1. The number of carbonyl (C=O) groups is 1. The van der Waals surface area contributed by atoms with E-state index in [4.69, 9.17) is 4.74 Å². The van der Waals surface area contributed by atoms with Gasteiger partial charge >= 0.3 is 0 Å². The number of amides is 1. The third-order valence-electron chi connectivity index (χ3n) is 2.55. The van der Waals surface area contributed by atoms with Crippen molar-refractivity contribution in [2.45, 2.75) is 52.5 Å². The lowest BCUT2D eigenvalue weighted by Gasteiger charge is -2.21. The van der Waals surface area contributed by atoms with Crippen LogP contribution in [-0.4, -0.2) is 50.8 Å². The fourth-order valence-electron chi connectivity index (χ4n) is 1.58. The van der Waals surface area contributed by atoms with Crippen LogP contribution in [0.25, 0.3) is 0 Å². The number of carbonyl (C=O) groups excluding carboxylic acids is 1. The molecule has 1 amide bonds. The molecule has 0 aromatic rings. The minimum atomic E-state index is -0.217. The first-order valence-electron chi connectivity index (χ1n) is 7.72. The number of hydrogen-bond acceptors (Lipinski definition) is 3. The minimum absolute atomic E-state index is 0. The highest BCUT2D eigenvalue weighted by Crippen LogP contribution is 1.97. The maximum atomic E-state index is 11.7. The Hall–Kier alpha value is -0.570. The fourth-order valence-corrected chi connectivity index (χ4v) is 1.58. The SMILES string of the molecule is CCCCOCCCNC(=NC)NCC(=O)NC(C)(C)C.I. The molecule has 0 aliphatic carbocycles. The predicted molar refractivity (Wildman–Crippen MR) is 103 cm³/mol. The van der Waals surface area contributed by atoms with E-state index in [9.17, 15) is 4.79 Å². The summed E-state index contributed by atoms with van der Waals surface area (Å²) in [5.41, 5.74) is -0.217. The van der Waals surface area contributed by atoms with Crippen molar-refractivity contribution in [3.05, 3.63) is 0 Å². The van der Waals surface area contributed by atoms with Gasteiger partial charge in [-0.2, -0.15) is 0 Å². The number of hydrogen-bond donors (Lipinski definition) is 3. The van der Waals surface area contributed by atoms with Crippen LogP contribution in [0.4, 0.5) is 0 Å². The zero-order chi connectivity index (χ0) is 16.1. The molecule has 0 saturated carbocycles. The zero-order valence-corrected chi connectivity index (χ0v) is 17.0. The van der Waals surface area contributed by atoms with Crippen LogP contribution in [-0.2, 0) is 9.53 Å². The van der Waals surface area contributed by atoms with Gasteiger partial charge < -0.3 is 20.7 Å². The van der Waals surface area contributed by atoms with Gasteiger partial charge in [0.25, 0.3) is 0 Å². The van der Waals surface area contributed by atoms with Gasteiger partial charge in [-0.05, 0) is 33.6 Å². The molecule has 0 fully saturated rings. The third kappa shape index (κ3) is 15.8. The van der Waals surface area contributed by atoms with Gasteiger partial charge in [0.1, 0.15) is 0 Å². The molecule has 0 aromatic heterocycles. The maximum absolute atomic E-state index is 11.7. The summed E-state index contributed by atoms with van der Waals surface area (Å²) in [5.74, 6) is 0.584. The summed E-state index contributed by atoms with van der Waals surface area (Å²) < 4.78 is 5.48. The lowest BCUT2D eigenvalue weighted by Crippen LogP contribution is -2.48. The van der Waals surface area contributed by atoms with Gasteiger partial charge in [-0.25, -0.2) is 0 Å². The summed E-state index contributed by atoms with van der Waals surface area (Å²) in [5, 5.41) is 9.04.